The summed E-state index contributed by atoms with van der Waals surface area (Å²) in [5.41, 5.74) is 11.6. The Hall–Kier alpha value is -2.54. The summed E-state index contributed by atoms with van der Waals surface area (Å²) in [6.45, 7) is -0.473. The van der Waals surface area contributed by atoms with Crippen molar-refractivity contribution in [1.29, 1.82) is 0 Å². The van der Waals surface area contributed by atoms with Crippen LogP contribution in [0.5, 0.6) is 0 Å². The fraction of sp³-hybridized carbons (Fsp3) is 0.667. The van der Waals surface area contributed by atoms with E-state index in [4.69, 9.17) is 11.5 Å². The molecule has 7 N–H and O–H groups in total. The van der Waals surface area contributed by atoms with Crippen molar-refractivity contribution in [3.63, 3.8) is 0 Å². The number of hydrogen-bond acceptors (Lipinski definition) is 8. The predicted octanol–water partition coefficient (Wildman–Crippen LogP) is 0.528. The summed E-state index contributed by atoms with van der Waals surface area (Å²) < 4.78 is 25.7. The quantitative estimate of drug-likeness (QED) is 0.200. The first-order valence-electron chi connectivity index (χ1n) is 13.6. The van der Waals surface area contributed by atoms with E-state index >= 15 is 0 Å². The average molecular weight is 567 g/mol. The third kappa shape index (κ3) is 7.36. The maximum Gasteiger partial charge on any atom is 0.308 e. The van der Waals surface area contributed by atoms with Gasteiger partial charge in [0.2, 0.25) is 15.9 Å². The minimum Gasteiger partial charge on any atom is -0.481 e. The summed E-state index contributed by atoms with van der Waals surface area (Å²) in [4.78, 5) is 39.2. The molecule has 1 fully saturated rings. The zero-order valence-electron chi connectivity index (χ0n) is 22.6. The molecule has 0 heterocycles. The van der Waals surface area contributed by atoms with Crippen LogP contribution in [0.2, 0.25) is 0 Å². The van der Waals surface area contributed by atoms with Gasteiger partial charge in [-0.1, -0.05) is 43.5 Å². The largest absolute Gasteiger partial charge is 0.481 e. The van der Waals surface area contributed by atoms with Gasteiger partial charge in [-0.15, -0.1) is 0 Å². The smallest absolute Gasteiger partial charge is 0.308 e. The lowest BCUT2D eigenvalue weighted by Crippen LogP contribution is -2.57. The van der Waals surface area contributed by atoms with Crippen molar-refractivity contribution >= 4 is 27.8 Å². The molecule has 1 saturated carbocycles. The van der Waals surface area contributed by atoms with Crippen LogP contribution in [0.4, 0.5) is 0 Å². The molecule has 0 saturated heterocycles. The van der Waals surface area contributed by atoms with E-state index in [2.05, 4.69) is 5.32 Å². The number of nitrogens with zero attached hydrogens (tertiary/aromatic N) is 1. The zero-order valence-corrected chi connectivity index (χ0v) is 23.4. The van der Waals surface area contributed by atoms with Gasteiger partial charge in [-0.2, -0.15) is 0 Å². The van der Waals surface area contributed by atoms with Crippen LogP contribution >= 0.6 is 0 Å². The van der Waals surface area contributed by atoms with E-state index in [0.29, 0.717) is 62.2 Å². The lowest BCUT2D eigenvalue weighted by Gasteiger charge is -2.37. The number of sulfonamides is 1. The summed E-state index contributed by atoms with van der Waals surface area (Å²) in [5, 5.41) is 23.4. The van der Waals surface area contributed by atoms with E-state index in [1.807, 2.05) is 24.3 Å². The number of nitrogens with one attached hydrogen (secondary N) is 1. The van der Waals surface area contributed by atoms with Crippen LogP contribution in [0.25, 0.3) is 0 Å². The highest BCUT2D eigenvalue weighted by atomic mass is 32.2. The number of fused-ring (bicyclic) bond motifs is 1. The second-order valence-electron chi connectivity index (χ2n) is 11.3. The summed E-state index contributed by atoms with van der Waals surface area (Å²) >= 11 is 0. The SMILES string of the molecule is CS(=O)(=O)N(C[C@H](CC1(C(=O)NC2(CO)Cc3ccccc3C2)CCCC1)C(=O)O)C(=O)[C@@H](N)CCCCN. The van der Waals surface area contributed by atoms with E-state index in [1.165, 1.54) is 0 Å². The number of benzene rings is 1. The molecule has 2 atom stereocenters. The molecule has 12 heteroatoms. The Labute approximate surface area is 230 Å². The monoisotopic (exact) mass is 566 g/mol. The second-order valence-corrected chi connectivity index (χ2v) is 13.2. The van der Waals surface area contributed by atoms with E-state index in [0.717, 1.165) is 17.4 Å². The van der Waals surface area contributed by atoms with Crippen molar-refractivity contribution in [3.05, 3.63) is 35.4 Å². The third-order valence-corrected chi connectivity index (χ3v) is 9.33. The normalized spacial score (nSPS) is 19.2. The number of aliphatic hydroxyl groups excluding tert-OH is 1. The van der Waals surface area contributed by atoms with E-state index < -0.39 is 51.4 Å². The van der Waals surface area contributed by atoms with Crippen molar-refractivity contribution in [2.75, 3.05) is 26.0 Å². The molecule has 2 amide bonds. The van der Waals surface area contributed by atoms with E-state index in [1.54, 1.807) is 0 Å². The van der Waals surface area contributed by atoms with Crippen molar-refractivity contribution in [1.82, 2.24) is 9.62 Å². The first-order valence-corrected chi connectivity index (χ1v) is 15.4. The Balaban J connectivity index is 1.81. The summed E-state index contributed by atoms with van der Waals surface area (Å²) in [5.74, 6) is -3.82. The summed E-state index contributed by atoms with van der Waals surface area (Å²) in [7, 11) is -4.12. The highest BCUT2D eigenvalue weighted by molar-refractivity contribution is 7.88. The van der Waals surface area contributed by atoms with Crippen molar-refractivity contribution in [2.45, 2.75) is 75.8 Å². The number of hydrogen-bond donors (Lipinski definition) is 5. The molecule has 1 aromatic carbocycles. The first-order chi connectivity index (χ1) is 18.4. The number of amides is 2. The molecule has 2 aliphatic rings. The highest BCUT2D eigenvalue weighted by Crippen LogP contribution is 2.45. The summed E-state index contributed by atoms with van der Waals surface area (Å²) in [6, 6.07) is 6.62. The van der Waals surface area contributed by atoms with E-state index in [-0.39, 0.29) is 25.4 Å². The number of unbranched alkanes of at least 4 members (excludes halogenated alkanes) is 1. The number of rotatable bonds is 14. The van der Waals surface area contributed by atoms with Crippen molar-refractivity contribution in [2.24, 2.45) is 22.8 Å². The predicted molar refractivity (Wildman–Crippen MR) is 146 cm³/mol. The summed E-state index contributed by atoms with van der Waals surface area (Å²) in [6.07, 6.45) is 5.30. The standard InChI is InChI=1S/C27H42N4O7S/c1-39(37,38)31(23(33)22(29)10-4-7-13-28)17-21(24(34)35)14-26(11-5-6-12-26)25(36)30-27(18-32)15-19-8-2-3-9-20(19)16-27/h2-3,8-9,21-22,32H,4-7,10-18,28-29H2,1H3,(H,30,36)(H,34,35)/t21-,22-/m0/s1. The first kappa shape index (κ1) is 31.0. The van der Waals surface area contributed by atoms with Crippen LogP contribution in [-0.2, 0) is 37.2 Å². The minimum atomic E-state index is -4.12. The van der Waals surface area contributed by atoms with Crippen LogP contribution in [0.15, 0.2) is 24.3 Å². The average Bonchev–Trinajstić information content (AvgIpc) is 3.50. The molecule has 39 heavy (non-hydrogen) atoms. The van der Waals surface area contributed by atoms with Gasteiger partial charge in [0, 0.05) is 0 Å². The molecular formula is C27H42N4O7S. The maximum absolute atomic E-state index is 13.8. The van der Waals surface area contributed by atoms with Gasteiger partial charge in [-0.3, -0.25) is 14.4 Å². The molecule has 0 aliphatic heterocycles. The van der Waals surface area contributed by atoms with Crippen LogP contribution in [0.3, 0.4) is 0 Å². The van der Waals surface area contributed by atoms with Gasteiger partial charge < -0.3 is 27.0 Å². The molecule has 3 rings (SSSR count). The van der Waals surface area contributed by atoms with Gasteiger partial charge in [0.15, 0.2) is 0 Å². The van der Waals surface area contributed by atoms with Gasteiger partial charge in [-0.25, -0.2) is 12.7 Å². The van der Waals surface area contributed by atoms with E-state index in [9.17, 15) is 33.0 Å². The van der Waals surface area contributed by atoms with Crippen LogP contribution in [0, 0.1) is 11.3 Å². The number of aliphatic hydroxyl groups is 1. The molecule has 0 spiro atoms. The van der Waals surface area contributed by atoms with Gasteiger partial charge in [0.1, 0.15) is 0 Å². The maximum atomic E-state index is 13.8. The number of carboxylic acids is 1. The Morgan fingerprint density at radius 1 is 1.10 bits per heavy atom. The number of aliphatic carboxylic acids is 1. The Morgan fingerprint density at radius 3 is 2.18 bits per heavy atom. The third-order valence-electron chi connectivity index (χ3n) is 8.20. The minimum absolute atomic E-state index is 0.135. The fourth-order valence-electron chi connectivity index (χ4n) is 5.99. The highest BCUT2D eigenvalue weighted by Gasteiger charge is 2.48. The molecule has 2 aliphatic carbocycles. The Morgan fingerprint density at radius 2 is 1.69 bits per heavy atom. The van der Waals surface area contributed by atoms with Crippen LogP contribution in [0.1, 0.15) is 62.5 Å². The van der Waals surface area contributed by atoms with Gasteiger partial charge in [-0.05, 0) is 62.6 Å². The molecule has 218 valence electrons. The Kier molecular flexibility index (Phi) is 10.1. The molecule has 0 unspecified atom stereocenters. The molecule has 1 aromatic rings. The number of carbonyl (C=O) groups excluding carboxylic acids is 2. The molecular weight excluding hydrogens is 524 g/mol. The number of carboxylic acid groups (broad SMARTS) is 1. The Bertz CT molecular complexity index is 1130. The van der Waals surface area contributed by atoms with Gasteiger partial charge >= 0.3 is 5.97 Å². The van der Waals surface area contributed by atoms with Crippen molar-refractivity contribution < 1.29 is 33.0 Å². The number of carbonyl (C=O) groups is 3. The van der Waals surface area contributed by atoms with Gasteiger partial charge in [0.05, 0.1) is 42.3 Å². The zero-order chi connectivity index (χ0) is 28.8. The topological polar surface area (TPSA) is 193 Å². The lowest BCUT2D eigenvalue weighted by atomic mass is 9.76. The van der Waals surface area contributed by atoms with Gasteiger partial charge in [0.25, 0.3) is 5.91 Å². The molecule has 0 radical (unpaired) electrons. The molecule has 0 aromatic heterocycles. The fourth-order valence-corrected chi connectivity index (χ4v) is 6.90. The van der Waals surface area contributed by atoms with Crippen LogP contribution in [-0.4, -0.2) is 78.3 Å². The second kappa shape index (κ2) is 12.8. The lowest BCUT2D eigenvalue weighted by molar-refractivity contribution is -0.145. The van der Waals surface area contributed by atoms with Crippen molar-refractivity contribution in [3.8, 4) is 0 Å². The molecule has 11 nitrogen and oxygen atoms in total. The number of nitrogens with two attached hydrogens (primary N) is 2. The molecule has 0 bridgehead atoms. The van der Waals surface area contributed by atoms with Crippen LogP contribution < -0.4 is 16.8 Å².